The summed E-state index contributed by atoms with van der Waals surface area (Å²) >= 11 is 0. The van der Waals surface area contributed by atoms with E-state index in [-0.39, 0.29) is 17.6 Å². The third-order valence-electron chi connectivity index (χ3n) is 6.81. The molecule has 0 spiro atoms. The molecule has 1 aliphatic rings. The van der Waals surface area contributed by atoms with Crippen molar-refractivity contribution >= 4 is 43.1 Å². The predicted octanol–water partition coefficient (Wildman–Crippen LogP) is 4.27. The first-order valence-corrected chi connectivity index (χ1v) is 13.5. The van der Waals surface area contributed by atoms with Crippen LogP contribution in [0, 0.1) is 12.3 Å². The second-order valence-electron chi connectivity index (χ2n) is 9.64. The number of rotatable bonds is 5. The van der Waals surface area contributed by atoms with Gasteiger partial charge in [0.1, 0.15) is 16.3 Å². The number of terminal acetylenes is 1. The van der Waals surface area contributed by atoms with Crippen LogP contribution in [0.3, 0.4) is 0 Å². The van der Waals surface area contributed by atoms with Crippen molar-refractivity contribution in [3.05, 3.63) is 64.6 Å². The van der Waals surface area contributed by atoms with Gasteiger partial charge in [0, 0.05) is 53.1 Å². The molecule has 4 heterocycles. The number of aromatic nitrogens is 3. The van der Waals surface area contributed by atoms with E-state index in [0.717, 1.165) is 17.1 Å². The molecular formula is C28H23FN4O4S. The zero-order valence-electron chi connectivity index (χ0n) is 20.6. The number of hydrogen-bond donors (Lipinski definition) is 2. The first kappa shape index (κ1) is 24.2. The molecule has 0 amide bonds. The van der Waals surface area contributed by atoms with Gasteiger partial charge < -0.3 is 19.6 Å². The number of ether oxygens (including phenoxy) is 1. The van der Waals surface area contributed by atoms with Gasteiger partial charge in [-0.25, -0.2) is 0 Å². The first-order valence-electron chi connectivity index (χ1n) is 12.1. The van der Waals surface area contributed by atoms with Crippen LogP contribution < -0.4 is 15.5 Å². The van der Waals surface area contributed by atoms with Crippen LogP contribution in [0.2, 0.25) is 0 Å². The molecule has 1 saturated heterocycles. The monoisotopic (exact) mass is 530 g/mol. The molecule has 5 aromatic rings. The lowest BCUT2D eigenvalue weighted by molar-refractivity contribution is 0.244. The standard InChI is InChI=1S/C28H23FN4O4S/c1-4-16-5-6-20-23(7-16)32-28-26(20)27(34)22-10-25(37-15(2)3)21(9-24(22)33(28)18-12-31-13-18)17-8-19(14-30-11-17)38(29,35)36/h1,5-11,14-15,18,31-32H,12-13H2,2-3H3. The lowest BCUT2D eigenvalue weighted by Crippen LogP contribution is -2.44. The summed E-state index contributed by atoms with van der Waals surface area (Å²) in [5.41, 5.74) is 3.43. The summed E-state index contributed by atoms with van der Waals surface area (Å²) < 4.78 is 45.2. The summed E-state index contributed by atoms with van der Waals surface area (Å²) in [6.07, 6.45) is 7.75. The van der Waals surface area contributed by atoms with E-state index in [1.807, 2.05) is 32.0 Å². The number of benzene rings is 2. The van der Waals surface area contributed by atoms with Crippen LogP contribution >= 0.6 is 0 Å². The van der Waals surface area contributed by atoms with E-state index in [1.54, 1.807) is 12.1 Å². The van der Waals surface area contributed by atoms with Gasteiger partial charge in [-0.05, 0) is 44.2 Å². The number of hydrogen-bond acceptors (Lipinski definition) is 6. The molecular weight excluding hydrogens is 507 g/mol. The fourth-order valence-electron chi connectivity index (χ4n) is 5.00. The number of fused-ring (bicyclic) bond motifs is 4. The van der Waals surface area contributed by atoms with E-state index in [0.29, 0.717) is 57.5 Å². The zero-order valence-corrected chi connectivity index (χ0v) is 21.4. The zero-order chi connectivity index (χ0) is 26.8. The number of nitrogens with one attached hydrogen (secondary N) is 2. The predicted molar refractivity (Wildman–Crippen MR) is 145 cm³/mol. The van der Waals surface area contributed by atoms with Crippen molar-refractivity contribution in [1.29, 1.82) is 0 Å². The van der Waals surface area contributed by atoms with Crippen molar-refractivity contribution in [1.82, 2.24) is 19.9 Å². The molecule has 0 atom stereocenters. The van der Waals surface area contributed by atoms with Crippen LogP contribution in [0.4, 0.5) is 3.89 Å². The Bertz CT molecular complexity index is 1980. The quantitative estimate of drug-likeness (QED) is 0.260. The molecule has 1 aliphatic heterocycles. The highest BCUT2D eigenvalue weighted by atomic mass is 32.3. The highest BCUT2D eigenvalue weighted by molar-refractivity contribution is 7.86. The first-order chi connectivity index (χ1) is 18.2. The van der Waals surface area contributed by atoms with Crippen molar-refractivity contribution in [2.24, 2.45) is 0 Å². The molecule has 10 heteroatoms. The van der Waals surface area contributed by atoms with E-state index in [1.165, 1.54) is 12.3 Å². The van der Waals surface area contributed by atoms with Crippen molar-refractivity contribution < 1.29 is 17.0 Å². The summed E-state index contributed by atoms with van der Waals surface area (Å²) in [7, 11) is -4.97. The molecule has 2 aromatic carbocycles. The molecule has 38 heavy (non-hydrogen) atoms. The number of aromatic amines is 1. The smallest absolute Gasteiger partial charge is 0.333 e. The fourth-order valence-corrected chi connectivity index (χ4v) is 5.45. The molecule has 2 N–H and O–H groups in total. The van der Waals surface area contributed by atoms with E-state index in [9.17, 15) is 17.1 Å². The Kier molecular flexibility index (Phi) is 5.52. The van der Waals surface area contributed by atoms with Gasteiger partial charge in [0.2, 0.25) is 0 Å². The van der Waals surface area contributed by atoms with Gasteiger partial charge in [0.25, 0.3) is 0 Å². The Labute approximate surface area is 217 Å². The minimum atomic E-state index is -4.97. The van der Waals surface area contributed by atoms with E-state index in [4.69, 9.17) is 11.2 Å². The second kappa shape index (κ2) is 8.68. The van der Waals surface area contributed by atoms with Gasteiger partial charge >= 0.3 is 10.2 Å². The Morgan fingerprint density at radius 3 is 2.61 bits per heavy atom. The van der Waals surface area contributed by atoms with Gasteiger partial charge in [-0.2, -0.15) is 8.42 Å². The van der Waals surface area contributed by atoms with Crippen molar-refractivity contribution in [2.45, 2.75) is 30.9 Å². The van der Waals surface area contributed by atoms with Crippen LogP contribution in [-0.4, -0.2) is 42.1 Å². The topological polar surface area (TPSA) is 106 Å². The highest BCUT2D eigenvalue weighted by Gasteiger charge is 2.27. The van der Waals surface area contributed by atoms with Crippen LogP contribution in [0.25, 0.3) is 44.0 Å². The maximum absolute atomic E-state index is 14.0. The average Bonchev–Trinajstić information content (AvgIpc) is 3.23. The van der Waals surface area contributed by atoms with Gasteiger partial charge in [-0.1, -0.05) is 12.0 Å². The molecule has 0 saturated carbocycles. The lowest BCUT2D eigenvalue weighted by atomic mass is 10.0. The Morgan fingerprint density at radius 2 is 1.95 bits per heavy atom. The van der Waals surface area contributed by atoms with Crippen LogP contribution in [0.15, 0.2) is 58.5 Å². The highest BCUT2D eigenvalue weighted by Crippen LogP contribution is 2.38. The van der Waals surface area contributed by atoms with Crippen molar-refractivity contribution in [3.63, 3.8) is 0 Å². The van der Waals surface area contributed by atoms with Gasteiger partial charge in [-0.3, -0.25) is 9.78 Å². The number of pyridine rings is 2. The molecule has 3 aromatic heterocycles. The third kappa shape index (κ3) is 3.83. The molecule has 6 rings (SSSR count). The maximum atomic E-state index is 14.0. The molecule has 0 bridgehead atoms. The third-order valence-corrected chi connectivity index (χ3v) is 7.60. The molecule has 0 radical (unpaired) electrons. The van der Waals surface area contributed by atoms with Crippen LogP contribution in [0.1, 0.15) is 25.5 Å². The van der Waals surface area contributed by atoms with Crippen molar-refractivity contribution in [3.8, 4) is 29.2 Å². The summed E-state index contributed by atoms with van der Waals surface area (Å²) in [6, 6.07) is 10.2. The number of H-pyrrole nitrogens is 1. The van der Waals surface area contributed by atoms with E-state index < -0.39 is 15.1 Å². The van der Waals surface area contributed by atoms with Gasteiger partial charge in [-0.15, -0.1) is 10.3 Å². The molecule has 0 aliphatic carbocycles. The fraction of sp³-hybridized carbons (Fsp3) is 0.214. The summed E-state index contributed by atoms with van der Waals surface area (Å²) in [6.45, 7) is 5.10. The average molecular weight is 531 g/mol. The SMILES string of the molecule is C#Cc1ccc2c(c1)[nH]c1c2c(=O)c2cc(OC(C)C)c(-c3cncc(S(=O)(=O)F)c3)cc2n1C1CNC1. The van der Waals surface area contributed by atoms with Crippen LogP contribution in [0.5, 0.6) is 5.75 Å². The largest absolute Gasteiger partial charge is 0.490 e. The summed E-state index contributed by atoms with van der Waals surface area (Å²) in [5.74, 6) is 3.00. The Morgan fingerprint density at radius 1 is 1.16 bits per heavy atom. The van der Waals surface area contributed by atoms with Crippen molar-refractivity contribution in [2.75, 3.05) is 13.1 Å². The minimum absolute atomic E-state index is 0.0566. The Balaban J connectivity index is 1.74. The lowest BCUT2D eigenvalue weighted by Gasteiger charge is -2.32. The normalized spacial score (nSPS) is 14.3. The van der Waals surface area contributed by atoms with Crippen LogP contribution in [-0.2, 0) is 10.2 Å². The minimum Gasteiger partial charge on any atom is -0.490 e. The number of nitrogens with zero attached hydrogens (tertiary/aromatic N) is 2. The number of halogens is 1. The Hall–Kier alpha value is -4.20. The molecule has 0 unspecified atom stereocenters. The summed E-state index contributed by atoms with van der Waals surface area (Å²) in [5, 5.41) is 5.06. The summed E-state index contributed by atoms with van der Waals surface area (Å²) in [4.78, 5) is 20.8. The van der Waals surface area contributed by atoms with Gasteiger partial charge in [0.15, 0.2) is 5.43 Å². The molecule has 1 fully saturated rings. The van der Waals surface area contributed by atoms with E-state index >= 15 is 0 Å². The van der Waals surface area contributed by atoms with E-state index in [2.05, 4.69) is 25.8 Å². The molecule has 8 nitrogen and oxygen atoms in total. The maximum Gasteiger partial charge on any atom is 0.333 e. The molecule has 192 valence electrons. The second-order valence-corrected chi connectivity index (χ2v) is 11.0. The van der Waals surface area contributed by atoms with Gasteiger partial charge in [0.05, 0.1) is 28.4 Å².